The van der Waals surface area contributed by atoms with Crippen LogP contribution >= 0.6 is 0 Å². The minimum absolute atomic E-state index is 0.108. The van der Waals surface area contributed by atoms with E-state index in [0.29, 0.717) is 18.9 Å². The van der Waals surface area contributed by atoms with Crippen LogP contribution in [0, 0.1) is 5.92 Å². The summed E-state index contributed by atoms with van der Waals surface area (Å²) in [5.74, 6) is 0.516. The second kappa shape index (κ2) is 6.02. The topological polar surface area (TPSA) is 55.1 Å². The highest BCUT2D eigenvalue weighted by atomic mass is 16.1. The molecule has 14 heavy (non-hydrogen) atoms. The molecule has 0 aromatic rings. The second-order valence-corrected chi connectivity index (χ2v) is 4.44. The first-order valence-electron chi connectivity index (χ1n) is 5.49. The molecule has 0 radical (unpaired) electrons. The average molecular weight is 200 g/mol. The van der Waals surface area contributed by atoms with Gasteiger partial charge in [-0.1, -0.05) is 27.7 Å². The van der Waals surface area contributed by atoms with E-state index in [1.54, 1.807) is 0 Å². The number of nitrogens with one attached hydrogen (secondary N) is 1. The fourth-order valence-corrected chi connectivity index (χ4v) is 1.22. The SMILES string of the molecule is CCC(N)(CC)CNC(=O)CC(C)C. The van der Waals surface area contributed by atoms with Crippen molar-refractivity contribution in [2.45, 2.75) is 52.5 Å². The summed E-state index contributed by atoms with van der Waals surface area (Å²) in [7, 11) is 0. The molecule has 0 unspecified atom stereocenters. The van der Waals surface area contributed by atoms with Crippen molar-refractivity contribution in [1.82, 2.24) is 5.32 Å². The molecule has 0 aromatic heterocycles. The van der Waals surface area contributed by atoms with Gasteiger partial charge in [0.1, 0.15) is 0 Å². The first kappa shape index (κ1) is 13.4. The Kier molecular flexibility index (Phi) is 5.77. The predicted molar refractivity (Wildman–Crippen MR) is 60.0 cm³/mol. The summed E-state index contributed by atoms with van der Waals surface area (Å²) in [5.41, 5.74) is 5.83. The Balaban J connectivity index is 3.86. The molecule has 0 heterocycles. The summed E-state index contributed by atoms with van der Waals surface area (Å²) in [6.07, 6.45) is 2.38. The fraction of sp³-hybridized carbons (Fsp3) is 0.909. The van der Waals surface area contributed by atoms with Crippen molar-refractivity contribution in [2.75, 3.05) is 6.54 Å². The molecule has 0 aliphatic heterocycles. The Morgan fingerprint density at radius 3 is 2.21 bits per heavy atom. The number of nitrogens with two attached hydrogens (primary N) is 1. The number of carbonyl (C=O) groups excluding carboxylic acids is 1. The van der Waals surface area contributed by atoms with E-state index < -0.39 is 0 Å². The molecule has 3 N–H and O–H groups in total. The number of carbonyl (C=O) groups is 1. The van der Waals surface area contributed by atoms with Crippen LogP contribution in [0.3, 0.4) is 0 Å². The Bertz CT molecular complexity index is 174. The predicted octanol–water partition coefficient (Wildman–Crippen LogP) is 1.67. The van der Waals surface area contributed by atoms with Crippen LogP contribution in [-0.4, -0.2) is 18.0 Å². The van der Waals surface area contributed by atoms with E-state index in [4.69, 9.17) is 5.73 Å². The molecule has 0 rings (SSSR count). The molecular weight excluding hydrogens is 176 g/mol. The van der Waals surface area contributed by atoms with Crippen molar-refractivity contribution < 1.29 is 4.79 Å². The minimum Gasteiger partial charge on any atom is -0.354 e. The lowest BCUT2D eigenvalue weighted by atomic mass is 9.94. The average Bonchev–Trinajstić information content (AvgIpc) is 2.13. The third-order valence-corrected chi connectivity index (χ3v) is 2.64. The van der Waals surface area contributed by atoms with Gasteiger partial charge in [-0.25, -0.2) is 0 Å². The number of hydrogen-bond acceptors (Lipinski definition) is 2. The lowest BCUT2D eigenvalue weighted by molar-refractivity contribution is -0.122. The Labute approximate surface area is 87.4 Å². The molecular formula is C11H24N2O. The maximum absolute atomic E-state index is 11.4. The van der Waals surface area contributed by atoms with Gasteiger partial charge < -0.3 is 11.1 Å². The van der Waals surface area contributed by atoms with Crippen molar-refractivity contribution in [1.29, 1.82) is 0 Å². The van der Waals surface area contributed by atoms with Crippen LogP contribution in [0.2, 0.25) is 0 Å². The lowest BCUT2D eigenvalue weighted by Crippen LogP contribution is -2.49. The maximum Gasteiger partial charge on any atom is 0.220 e. The van der Waals surface area contributed by atoms with Crippen molar-refractivity contribution in [3.8, 4) is 0 Å². The number of rotatable bonds is 6. The first-order chi connectivity index (χ1) is 6.43. The highest BCUT2D eigenvalue weighted by molar-refractivity contribution is 5.76. The highest BCUT2D eigenvalue weighted by Crippen LogP contribution is 2.09. The quantitative estimate of drug-likeness (QED) is 0.685. The van der Waals surface area contributed by atoms with Crippen molar-refractivity contribution in [3.63, 3.8) is 0 Å². The Morgan fingerprint density at radius 1 is 1.36 bits per heavy atom. The zero-order valence-electron chi connectivity index (χ0n) is 9.89. The lowest BCUT2D eigenvalue weighted by Gasteiger charge is -2.26. The molecule has 0 aliphatic carbocycles. The Hall–Kier alpha value is -0.570. The first-order valence-corrected chi connectivity index (χ1v) is 5.49. The van der Waals surface area contributed by atoms with Gasteiger partial charge in [0.25, 0.3) is 0 Å². The molecule has 0 saturated heterocycles. The van der Waals surface area contributed by atoms with Gasteiger partial charge in [0.2, 0.25) is 5.91 Å². The molecule has 0 aliphatic rings. The van der Waals surface area contributed by atoms with E-state index in [9.17, 15) is 4.79 Å². The molecule has 0 bridgehead atoms. The molecule has 3 nitrogen and oxygen atoms in total. The van der Waals surface area contributed by atoms with Gasteiger partial charge in [0, 0.05) is 18.5 Å². The van der Waals surface area contributed by atoms with Gasteiger partial charge in [-0.05, 0) is 18.8 Å². The van der Waals surface area contributed by atoms with E-state index in [1.807, 2.05) is 13.8 Å². The Morgan fingerprint density at radius 2 is 1.86 bits per heavy atom. The van der Waals surface area contributed by atoms with Gasteiger partial charge in [-0.2, -0.15) is 0 Å². The summed E-state index contributed by atoms with van der Waals surface area (Å²) in [6, 6.07) is 0. The molecule has 0 saturated carbocycles. The zero-order chi connectivity index (χ0) is 11.2. The maximum atomic E-state index is 11.4. The van der Waals surface area contributed by atoms with Gasteiger partial charge in [-0.15, -0.1) is 0 Å². The summed E-state index contributed by atoms with van der Waals surface area (Å²) in [5, 5.41) is 2.89. The zero-order valence-corrected chi connectivity index (χ0v) is 9.89. The highest BCUT2D eigenvalue weighted by Gasteiger charge is 2.20. The van der Waals surface area contributed by atoms with Gasteiger partial charge in [0.15, 0.2) is 0 Å². The minimum atomic E-state index is -0.230. The molecule has 3 heteroatoms. The van der Waals surface area contributed by atoms with E-state index in [2.05, 4.69) is 19.2 Å². The summed E-state index contributed by atoms with van der Waals surface area (Å²) in [4.78, 5) is 11.4. The number of hydrogen-bond donors (Lipinski definition) is 2. The third kappa shape index (κ3) is 5.22. The molecule has 0 fully saturated rings. The van der Waals surface area contributed by atoms with Crippen LogP contribution < -0.4 is 11.1 Å². The van der Waals surface area contributed by atoms with Crippen LogP contribution in [0.5, 0.6) is 0 Å². The standard InChI is InChI=1S/C11H24N2O/c1-5-11(12,6-2)8-13-10(14)7-9(3)4/h9H,5-8,12H2,1-4H3,(H,13,14). The van der Waals surface area contributed by atoms with Crippen molar-refractivity contribution in [3.05, 3.63) is 0 Å². The summed E-state index contributed by atoms with van der Waals surface area (Å²) >= 11 is 0. The van der Waals surface area contributed by atoms with Crippen LogP contribution in [0.25, 0.3) is 0 Å². The fourth-order valence-electron chi connectivity index (χ4n) is 1.22. The van der Waals surface area contributed by atoms with Crippen molar-refractivity contribution in [2.24, 2.45) is 11.7 Å². The number of amides is 1. The van der Waals surface area contributed by atoms with E-state index >= 15 is 0 Å². The van der Waals surface area contributed by atoms with Crippen LogP contribution in [0.1, 0.15) is 47.0 Å². The van der Waals surface area contributed by atoms with E-state index in [1.165, 1.54) is 0 Å². The van der Waals surface area contributed by atoms with E-state index in [-0.39, 0.29) is 11.4 Å². The smallest absolute Gasteiger partial charge is 0.220 e. The third-order valence-electron chi connectivity index (χ3n) is 2.64. The van der Waals surface area contributed by atoms with E-state index in [0.717, 1.165) is 12.8 Å². The molecule has 0 spiro atoms. The van der Waals surface area contributed by atoms with Crippen LogP contribution in [0.4, 0.5) is 0 Å². The van der Waals surface area contributed by atoms with Gasteiger partial charge >= 0.3 is 0 Å². The largest absolute Gasteiger partial charge is 0.354 e. The summed E-state index contributed by atoms with van der Waals surface area (Å²) in [6.45, 7) is 8.77. The normalized spacial score (nSPS) is 11.9. The monoisotopic (exact) mass is 200 g/mol. The second-order valence-electron chi connectivity index (χ2n) is 4.44. The molecule has 0 atom stereocenters. The van der Waals surface area contributed by atoms with Crippen molar-refractivity contribution >= 4 is 5.91 Å². The van der Waals surface area contributed by atoms with Gasteiger partial charge in [-0.3, -0.25) is 4.79 Å². The molecule has 1 amide bonds. The van der Waals surface area contributed by atoms with Gasteiger partial charge in [0.05, 0.1) is 0 Å². The van der Waals surface area contributed by atoms with Crippen LogP contribution in [0.15, 0.2) is 0 Å². The summed E-state index contributed by atoms with van der Waals surface area (Å²) < 4.78 is 0. The molecule has 84 valence electrons. The molecule has 0 aromatic carbocycles. The van der Waals surface area contributed by atoms with Crippen LogP contribution in [-0.2, 0) is 4.79 Å².